The fourth-order valence-corrected chi connectivity index (χ4v) is 1.64. The number of pyridine rings is 1. The van der Waals surface area contributed by atoms with Crippen LogP contribution < -0.4 is 5.73 Å². The van der Waals surface area contributed by atoms with Crippen LogP contribution in [0, 0.1) is 0 Å². The molecule has 17 heavy (non-hydrogen) atoms. The number of nitrogens with two attached hydrogens (primary N) is 1. The average molecular weight is 253 g/mol. The minimum Gasteiger partial charge on any atom is -0.468 e. The number of rotatable bonds is 2. The molecule has 2 rings (SSSR count). The van der Waals surface area contributed by atoms with Crippen molar-refractivity contribution in [2.75, 3.05) is 7.11 Å². The Hall–Kier alpha value is -1.65. The zero-order valence-corrected chi connectivity index (χ0v) is 10.1. The first kappa shape index (κ1) is 13.4. The van der Waals surface area contributed by atoms with Gasteiger partial charge in [0.05, 0.1) is 12.6 Å². The van der Waals surface area contributed by atoms with Crippen LogP contribution in [-0.4, -0.2) is 18.1 Å². The van der Waals surface area contributed by atoms with Gasteiger partial charge >= 0.3 is 5.97 Å². The Morgan fingerprint density at radius 3 is 2.76 bits per heavy atom. The smallest absolute Gasteiger partial charge is 0.327 e. The molecule has 0 spiro atoms. The number of methoxy groups -OCH3 is 1. The SMILES string of the molecule is COC(=O)[C@@H](N)c1ccnc2ccccc12.Cl. The van der Waals surface area contributed by atoms with E-state index in [1.165, 1.54) is 7.11 Å². The van der Waals surface area contributed by atoms with Gasteiger partial charge in [0, 0.05) is 11.6 Å². The number of carbonyl (C=O) groups is 1. The molecule has 0 saturated heterocycles. The molecule has 0 amide bonds. The van der Waals surface area contributed by atoms with Crippen LogP contribution in [0.1, 0.15) is 11.6 Å². The number of hydrogen-bond acceptors (Lipinski definition) is 4. The minimum absolute atomic E-state index is 0. The highest BCUT2D eigenvalue weighted by atomic mass is 35.5. The second-order valence-electron chi connectivity index (χ2n) is 3.42. The van der Waals surface area contributed by atoms with Crippen molar-refractivity contribution in [3.05, 3.63) is 42.1 Å². The van der Waals surface area contributed by atoms with Crippen LogP contribution in [0.5, 0.6) is 0 Å². The van der Waals surface area contributed by atoms with Crippen LogP contribution in [-0.2, 0) is 9.53 Å². The van der Waals surface area contributed by atoms with Crippen molar-refractivity contribution in [2.24, 2.45) is 5.73 Å². The second-order valence-corrected chi connectivity index (χ2v) is 3.42. The Morgan fingerprint density at radius 2 is 2.06 bits per heavy atom. The van der Waals surface area contributed by atoms with Crippen molar-refractivity contribution in [3.8, 4) is 0 Å². The molecule has 0 unspecified atom stereocenters. The molecule has 1 atom stereocenters. The fourth-order valence-electron chi connectivity index (χ4n) is 1.64. The van der Waals surface area contributed by atoms with E-state index in [1.54, 1.807) is 12.3 Å². The van der Waals surface area contributed by atoms with Crippen LogP contribution in [0.25, 0.3) is 10.9 Å². The van der Waals surface area contributed by atoms with Gasteiger partial charge in [-0.1, -0.05) is 18.2 Å². The summed E-state index contributed by atoms with van der Waals surface area (Å²) in [6.45, 7) is 0. The van der Waals surface area contributed by atoms with Crippen molar-refractivity contribution in [1.82, 2.24) is 4.98 Å². The maximum Gasteiger partial charge on any atom is 0.327 e. The van der Waals surface area contributed by atoms with Gasteiger partial charge in [0.1, 0.15) is 6.04 Å². The molecule has 0 bridgehead atoms. The molecule has 1 aromatic heterocycles. The average Bonchev–Trinajstić information content (AvgIpc) is 2.36. The van der Waals surface area contributed by atoms with E-state index < -0.39 is 12.0 Å². The standard InChI is InChI=1S/C12H12N2O2.ClH/c1-16-12(15)11(13)9-6-7-14-10-5-3-2-4-8(9)10;/h2-7,11H,13H2,1H3;1H/t11-;/m0./s1. The van der Waals surface area contributed by atoms with Gasteiger partial charge in [-0.2, -0.15) is 0 Å². The van der Waals surface area contributed by atoms with E-state index in [2.05, 4.69) is 9.72 Å². The summed E-state index contributed by atoms with van der Waals surface area (Å²) in [6.07, 6.45) is 1.64. The maximum atomic E-state index is 11.4. The number of benzene rings is 1. The Morgan fingerprint density at radius 1 is 1.35 bits per heavy atom. The molecule has 0 aliphatic rings. The number of para-hydroxylation sites is 1. The largest absolute Gasteiger partial charge is 0.468 e. The Balaban J connectivity index is 0.00000144. The van der Waals surface area contributed by atoms with Crippen LogP contribution in [0.4, 0.5) is 0 Å². The Bertz CT molecular complexity index is 525. The van der Waals surface area contributed by atoms with Crippen LogP contribution in [0.3, 0.4) is 0 Å². The first-order valence-corrected chi connectivity index (χ1v) is 4.91. The second kappa shape index (κ2) is 5.61. The van der Waals surface area contributed by atoms with E-state index in [1.807, 2.05) is 24.3 Å². The summed E-state index contributed by atoms with van der Waals surface area (Å²) in [4.78, 5) is 15.6. The number of aromatic nitrogens is 1. The quantitative estimate of drug-likeness (QED) is 0.828. The topological polar surface area (TPSA) is 65.2 Å². The van der Waals surface area contributed by atoms with Crippen molar-refractivity contribution < 1.29 is 9.53 Å². The summed E-state index contributed by atoms with van der Waals surface area (Å²) < 4.78 is 4.63. The lowest BCUT2D eigenvalue weighted by atomic mass is 10.0. The van der Waals surface area contributed by atoms with E-state index in [4.69, 9.17) is 5.73 Å². The van der Waals surface area contributed by atoms with E-state index >= 15 is 0 Å². The molecule has 2 aromatic rings. The highest BCUT2D eigenvalue weighted by Gasteiger charge is 2.18. The number of fused-ring (bicyclic) bond motifs is 1. The summed E-state index contributed by atoms with van der Waals surface area (Å²) in [5, 5.41) is 0.878. The molecule has 0 radical (unpaired) electrons. The highest BCUT2D eigenvalue weighted by Crippen LogP contribution is 2.21. The van der Waals surface area contributed by atoms with Crippen LogP contribution >= 0.6 is 12.4 Å². The van der Waals surface area contributed by atoms with Crippen molar-refractivity contribution in [2.45, 2.75) is 6.04 Å². The van der Waals surface area contributed by atoms with E-state index in [-0.39, 0.29) is 12.4 Å². The molecular weight excluding hydrogens is 240 g/mol. The normalized spacial score (nSPS) is 11.6. The zero-order chi connectivity index (χ0) is 11.5. The van der Waals surface area contributed by atoms with Gasteiger partial charge in [0.15, 0.2) is 0 Å². The van der Waals surface area contributed by atoms with E-state index in [0.29, 0.717) is 0 Å². The van der Waals surface area contributed by atoms with Gasteiger partial charge in [-0.25, -0.2) is 0 Å². The highest BCUT2D eigenvalue weighted by molar-refractivity contribution is 5.88. The fraction of sp³-hybridized carbons (Fsp3) is 0.167. The third-order valence-electron chi connectivity index (χ3n) is 2.47. The van der Waals surface area contributed by atoms with Gasteiger partial charge in [0.2, 0.25) is 0 Å². The summed E-state index contributed by atoms with van der Waals surface area (Å²) in [5.41, 5.74) is 7.37. The maximum absolute atomic E-state index is 11.4. The van der Waals surface area contributed by atoms with E-state index in [9.17, 15) is 4.79 Å². The molecule has 1 heterocycles. The van der Waals surface area contributed by atoms with Crippen LogP contribution in [0.15, 0.2) is 36.5 Å². The number of hydrogen-bond donors (Lipinski definition) is 1. The molecule has 5 heteroatoms. The van der Waals surface area contributed by atoms with Gasteiger partial charge in [0.25, 0.3) is 0 Å². The lowest BCUT2D eigenvalue weighted by Crippen LogP contribution is -2.22. The summed E-state index contributed by atoms with van der Waals surface area (Å²) >= 11 is 0. The molecule has 1 aromatic carbocycles. The number of ether oxygens (including phenoxy) is 1. The number of carbonyl (C=O) groups excluding carboxylic acids is 1. The first-order valence-electron chi connectivity index (χ1n) is 4.91. The predicted octanol–water partition coefficient (Wildman–Crippen LogP) is 1.83. The molecule has 90 valence electrons. The minimum atomic E-state index is -0.766. The monoisotopic (exact) mass is 252 g/mol. The summed E-state index contributed by atoms with van der Waals surface area (Å²) in [7, 11) is 1.32. The molecule has 0 fully saturated rings. The summed E-state index contributed by atoms with van der Waals surface area (Å²) in [5.74, 6) is -0.448. The van der Waals surface area contributed by atoms with Crippen molar-refractivity contribution in [3.63, 3.8) is 0 Å². The molecular formula is C12H13ClN2O2. The zero-order valence-electron chi connectivity index (χ0n) is 9.29. The summed E-state index contributed by atoms with van der Waals surface area (Å²) in [6, 6.07) is 8.52. The molecule has 2 N–H and O–H groups in total. The van der Waals surface area contributed by atoms with Gasteiger partial charge < -0.3 is 10.5 Å². The lowest BCUT2D eigenvalue weighted by molar-refractivity contribution is -0.142. The molecule has 0 saturated carbocycles. The van der Waals surface area contributed by atoms with E-state index in [0.717, 1.165) is 16.5 Å². The number of esters is 1. The van der Waals surface area contributed by atoms with Gasteiger partial charge in [-0.3, -0.25) is 9.78 Å². The third kappa shape index (κ3) is 2.54. The van der Waals surface area contributed by atoms with Gasteiger partial charge in [-0.15, -0.1) is 12.4 Å². The number of nitrogens with zero attached hydrogens (tertiary/aromatic N) is 1. The first-order chi connectivity index (χ1) is 7.74. The predicted molar refractivity (Wildman–Crippen MR) is 67.9 cm³/mol. The van der Waals surface area contributed by atoms with Crippen molar-refractivity contribution >= 4 is 29.3 Å². The van der Waals surface area contributed by atoms with Gasteiger partial charge in [-0.05, 0) is 17.7 Å². The van der Waals surface area contributed by atoms with Crippen molar-refractivity contribution in [1.29, 1.82) is 0 Å². The Labute approximate surface area is 105 Å². The van der Waals surface area contributed by atoms with Crippen LogP contribution in [0.2, 0.25) is 0 Å². The molecule has 0 aliphatic carbocycles. The third-order valence-corrected chi connectivity index (χ3v) is 2.47. The lowest BCUT2D eigenvalue weighted by Gasteiger charge is -2.11. The number of halogens is 1. The molecule has 0 aliphatic heterocycles. The molecule has 4 nitrogen and oxygen atoms in total. The Kier molecular flexibility index (Phi) is 4.43.